The predicted molar refractivity (Wildman–Crippen MR) is 124 cm³/mol. The first-order valence-corrected chi connectivity index (χ1v) is 11.4. The summed E-state index contributed by atoms with van der Waals surface area (Å²) >= 11 is 6.16. The van der Waals surface area contributed by atoms with Crippen LogP contribution < -0.4 is 4.90 Å². The molecule has 0 aliphatic carbocycles. The van der Waals surface area contributed by atoms with Crippen LogP contribution in [0, 0.1) is 6.92 Å². The molecule has 1 saturated heterocycles. The van der Waals surface area contributed by atoms with Crippen LogP contribution in [-0.4, -0.2) is 70.1 Å². The molecule has 1 aliphatic rings. The average Bonchev–Trinajstić information content (AvgIpc) is 3.09. The van der Waals surface area contributed by atoms with Gasteiger partial charge in [0, 0.05) is 38.3 Å². The predicted octanol–water partition coefficient (Wildman–Crippen LogP) is 3.69. The second-order valence-electron chi connectivity index (χ2n) is 7.93. The minimum absolute atomic E-state index is 0.0212. The highest BCUT2D eigenvalue weighted by Crippen LogP contribution is 2.30. The van der Waals surface area contributed by atoms with E-state index in [1.54, 1.807) is 6.92 Å². The van der Waals surface area contributed by atoms with E-state index in [1.165, 1.54) is 0 Å². The Kier molecular flexibility index (Phi) is 7.78. The lowest BCUT2D eigenvalue weighted by atomic mass is 10.1. The number of rotatable bonds is 8. The molecule has 1 atom stereocenters. The van der Waals surface area contributed by atoms with Crippen LogP contribution in [0.3, 0.4) is 0 Å². The van der Waals surface area contributed by atoms with Crippen LogP contribution in [0.5, 0.6) is 0 Å². The molecule has 2 heterocycles. The molecule has 1 aromatic carbocycles. The fourth-order valence-electron chi connectivity index (χ4n) is 4.06. The molecule has 2 aromatic rings. The Morgan fingerprint density at radius 2 is 1.83 bits per heavy atom. The van der Waals surface area contributed by atoms with Gasteiger partial charge in [-0.15, -0.1) is 11.6 Å². The number of benzene rings is 1. The maximum Gasteiger partial charge on any atom is 0.240 e. The number of para-hydroxylation sites is 1. The minimum atomic E-state index is -0.530. The number of amides is 1. The van der Waals surface area contributed by atoms with Crippen LogP contribution >= 0.6 is 11.6 Å². The first-order valence-electron chi connectivity index (χ1n) is 11.0. The summed E-state index contributed by atoms with van der Waals surface area (Å²) in [4.78, 5) is 19.5. The normalized spacial score (nSPS) is 16.0. The standard InChI is InChI=1S/C23H34ClN5O/c1-5-12-28(23(30)18(3)24)17-21-19(4)25-29(20-10-8-7-9-11-20)22(21)27-15-13-26(6-2)14-16-27/h7-11,18H,5-6,12-17H2,1-4H3. The highest BCUT2D eigenvalue weighted by atomic mass is 35.5. The van der Waals surface area contributed by atoms with E-state index in [2.05, 4.69) is 35.8 Å². The van der Waals surface area contributed by atoms with E-state index in [0.29, 0.717) is 13.1 Å². The fraction of sp³-hybridized carbons (Fsp3) is 0.565. The summed E-state index contributed by atoms with van der Waals surface area (Å²) in [7, 11) is 0. The number of hydrogen-bond acceptors (Lipinski definition) is 4. The Morgan fingerprint density at radius 1 is 1.17 bits per heavy atom. The van der Waals surface area contributed by atoms with Gasteiger partial charge in [-0.25, -0.2) is 4.68 Å². The molecule has 1 amide bonds. The van der Waals surface area contributed by atoms with Crippen molar-refractivity contribution < 1.29 is 4.79 Å². The maximum atomic E-state index is 12.7. The van der Waals surface area contributed by atoms with Crippen LogP contribution in [0.4, 0.5) is 5.82 Å². The van der Waals surface area contributed by atoms with Crippen molar-refractivity contribution in [2.24, 2.45) is 0 Å². The first kappa shape index (κ1) is 22.6. The second kappa shape index (κ2) is 10.3. The third-order valence-corrected chi connectivity index (χ3v) is 5.96. The average molecular weight is 432 g/mol. The van der Waals surface area contributed by atoms with Gasteiger partial charge in [0.1, 0.15) is 11.2 Å². The minimum Gasteiger partial charge on any atom is -0.354 e. The molecule has 0 N–H and O–H groups in total. The molecule has 0 bridgehead atoms. The zero-order valence-corrected chi connectivity index (χ0v) is 19.4. The number of nitrogens with zero attached hydrogens (tertiary/aromatic N) is 5. The van der Waals surface area contributed by atoms with Gasteiger partial charge in [-0.05, 0) is 38.9 Å². The fourth-order valence-corrected chi connectivity index (χ4v) is 4.20. The molecule has 0 saturated carbocycles. The Balaban J connectivity index is 2.01. The number of anilines is 1. The molecule has 6 nitrogen and oxygen atoms in total. The van der Waals surface area contributed by atoms with E-state index in [1.807, 2.05) is 34.7 Å². The van der Waals surface area contributed by atoms with Crippen molar-refractivity contribution in [2.45, 2.75) is 46.0 Å². The summed E-state index contributed by atoms with van der Waals surface area (Å²) in [6, 6.07) is 10.2. The number of aryl methyl sites for hydroxylation is 1. The number of carbonyl (C=O) groups is 1. The quantitative estimate of drug-likeness (QED) is 0.598. The van der Waals surface area contributed by atoms with Gasteiger partial charge in [-0.2, -0.15) is 5.10 Å². The van der Waals surface area contributed by atoms with Crippen molar-refractivity contribution in [3.05, 3.63) is 41.6 Å². The molecule has 1 aliphatic heterocycles. The van der Waals surface area contributed by atoms with Gasteiger partial charge in [0.2, 0.25) is 5.91 Å². The number of carbonyl (C=O) groups excluding carboxylic acids is 1. The number of aromatic nitrogens is 2. The van der Waals surface area contributed by atoms with Gasteiger partial charge in [-0.1, -0.05) is 32.0 Å². The Hall–Kier alpha value is -2.05. The summed E-state index contributed by atoms with van der Waals surface area (Å²) in [5.74, 6) is 1.08. The van der Waals surface area contributed by atoms with Crippen molar-refractivity contribution in [2.75, 3.05) is 44.2 Å². The maximum absolute atomic E-state index is 12.7. The van der Waals surface area contributed by atoms with Crippen molar-refractivity contribution in [3.8, 4) is 5.69 Å². The highest BCUT2D eigenvalue weighted by molar-refractivity contribution is 6.30. The Bertz CT molecular complexity index is 828. The molecule has 3 rings (SSSR count). The molecule has 1 unspecified atom stereocenters. The van der Waals surface area contributed by atoms with E-state index in [0.717, 1.165) is 61.9 Å². The third kappa shape index (κ3) is 4.98. The van der Waals surface area contributed by atoms with Crippen LogP contribution in [-0.2, 0) is 11.3 Å². The molecule has 30 heavy (non-hydrogen) atoms. The second-order valence-corrected chi connectivity index (χ2v) is 8.59. The summed E-state index contributed by atoms with van der Waals surface area (Å²) in [6.07, 6.45) is 0.895. The van der Waals surface area contributed by atoms with E-state index in [-0.39, 0.29) is 5.91 Å². The van der Waals surface area contributed by atoms with E-state index < -0.39 is 5.38 Å². The van der Waals surface area contributed by atoms with Gasteiger partial charge in [0.25, 0.3) is 0 Å². The molecular formula is C23H34ClN5O. The number of piperazine rings is 1. The first-order chi connectivity index (χ1) is 14.5. The van der Waals surface area contributed by atoms with Crippen molar-refractivity contribution in [3.63, 3.8) is 0 Å². The highest BCUT2D eigenvalue weighted by Gasteiger charge is 2.28. The van der Waals surface area contributed by atoms with Crippen molar-refractivity contribution in [1.29, 1.82) is 0 Å². The molecule has 1 fully saturated rings. The van der Waals surface area contributed by atoms with Crippen LogP contribution in [0.25, 0.3) is 5.69 Å². The van der Waals surface area contributed by atoms with Gasteiger partial charge in [-0.3, -0.25) is 4.79 Å². The van der Waals surface area contributed by atoms with E-state index in [4.69, 9.17) is 16.7 Å². The van der Waals surface area contributed by atoms with E-state index in [9.17, 15) is 4.79 Å². The molecule has 0 spiro atoms. The van der Waals surface area contributed by atoms with Crippen LogP contribution in [0.1, 0.15) is 38.4 Å². The third-order valence-electron chi connectivity index (χ3n) is 5.77. The molecule has 7 heteroatoms. The monoisotopic (exact) mass is 431 g/mol. The Labute approximate surface area is 185 Å². The number of likely N-dealkylation sites (N-methyl/N-ethyl adjacent to an activating group) is 1. The molecular weight excluding hydrogens is 398 g/mol. The molecule has 1 aromatic heterocycles. The molecule has 0 radical (unpaired) electrons. The lowest BCUT2D eigenvalue weighted by molar-refractivity contribution is -0.131. The van der Waals surface area contributed by atoms with Gasteiger partial charge < -0.3 is 14.7 Å². The zero-order valence-electron chi connectivity index (χ0n) is 18.6. The SMILES string of the molecule is CCCN(Cc1c(C)nn(-c2ccccc2)c1N1CCN(CC)CC1)C(=O)C(C)Cl. The van der Waals surface area contributed by atoms with E-state index >= 15 is 0 Å². The van der Waals surface area contributed by atoms with Crippen molar-refractivity contribution in [1.82, 2.24) is 19.6 Å². The smallest absolute Gasteiger partial charge is 0.240 e. The van der Waals surface area contributed by atoms with Gasteiger partial charge >= 0.3 is 0 Å². The number of alkyl halides is 1. The van der Waals surface area contributed by atoms with Crippen molar-refractivity contribution >= 4 is 23.3 Å². The topological polar surface area (TPSA) is 44.6 Å². The lowest BCUT2D eigenvalue weighted by Crippen LogP contribution is -2.47. The largest absolute Gasteiger partial charge is 0.354 e. The number of hydrogen-bond donors (Lipinski definition) is 0. The summed E-state index contributed by atoms with van der Waals surface area (Å²) in [6.45, 7) is 14.3. The van der Waals surface area contributed by atoms with Crippen LogP contribution in [0.2, 0.25) is 0 Å². The summed E-state index contributed by atoms with van der Waals surface area (Å²) in [5, 5.41) is 4.37. The van der Waals surface area contributed by atoms with Gasteiger partial charge in [0.15, 0.2) is 0 Å². The lowest BCUT2D eigenvalue weighted by Gasteiger charge is -2.36. The Morgan fingerprint density at radius 3 is 2.40 bits per heavy atom. The zero-order chi connectivity index (χ0) is 21.7. The van der Waals surface area contributed by atoms with Crippen LogP contribution in [0.15, 0.2) is 30.3 Å². The number of halogens is 1. The molecule has 164 valence electrons. The van der Waals surface area contributed by atoms with Gasteiger partial charge in [0.05, 0.1) is 17.9 Å². The summed E-state index contributed by atoms with van der Waals surface area (Å²) in [5.41, 5.74) is 3.12. The summed E-state index contributed by atoms with van der Waals surface area (Å²) < 4.78 is 2.05.